The first-order valence-electron chi connectivity index (χ1n) is 7.87. The number of phenols is 2. The summed E-state index contributed by atoms with van der Waals surface area (Å²) in [6.07, 6.45) is 5.37. The Balaban J connectivity index is 1.93. The fraction of sp³-hybridized carbons (Fsp3) is 0. The standard InChI is InChI=1S/C24H14O2/c1-2-18-10-14-23(25)21(16-18)13-9-20-11-15-24(26)22(17-20)12-8-19-6-4-3-5-7-19/h1,3-7,10-11,14-17,25-26H. The van der Waals surface area contributed by atoms with Crippen molar-refractivity contribution in [2.24, 2.45) is 0 Å². The van der Waals surface area contributed by atoms with Crippen molar-refractivity contribution in [3.05, 3.63) is 94.5 Å². The number of rotatable bonds is 0. The van der Waals surface area contributed by atoms with Gasteiger partial charge in [0.15, 0.2) is 0 Å². The zero-order chi connectivity index (χ0) is 18.4. The highest BCUT2D eigenvalue weighted by molar-refractivity contribution is 5.56. The fourth-order valence-electron chi connectivity index (χ4n) is 2.24. The highest BCUT2D eigenvalue weighted by Gasteiger charge is 2.01. The Kier molecular flexibility index (Phi) is 4.95. The Bertz CT molecular complexity index is 1110. The molecule has 0 aliphatic carbocycles. The van der Waals surface area contributed by atoms with Crippen LogP contribution in [0.25, 0.3) is 0 Å². The molecule has 0 amide bonds. The summed E-state index contributed by atoms with van der Waals surface area (Å²) < 4.78 is 0. The first-order valence-corrected chi connectivity index (χ1v) is 7.87. The average molecular weight is 334 g/mol. The largest absolute Gasteiger partial charge is 0.507 e. The van der Waals surface area contributed by atoms with Crippen molar-refractivity contribution < 1.29 is 10.2 Å². The van der Waals surface area contributed by atoms with Crippen LogP contribution in [0.3, 0.4) is 0 Å². The Morgan fingerprint density at radius 1 is 0.577 bits per heavy atom. The van der Waals surface area contributed by atoms with Crippen LogP contribution in [-0.4, -0.2) is 10.2 Å². The van der Waals surface area contributed by atoms with Crippen LogP contribution in [0.2, 0.25) is 0 Å². The predicted molar refractivity (Wildman–Crippen MR) is 103 cm³/mol. The molecule has 0 saturated heterocycles. The highest BCUT2D eigenvalue weighted by Crippen LogP contribution is 2.19. The van der Waals surface area contributed by atoms with E-state index in [0.717, 1.165) is 5.56 Å². The average Bonchev–Trinajstić information content (AvgIpc) is 2.68. The summed E-state index contributed by atoms with van der Waals surface area (Å²) >= 11 is 0. The molecule has 0 saturated carbocycles. The summed E-state index contributed by atoms with van der Waals surface area (Å²) in [5.74, 6) is 14.5. The maximum atomic E-state index is 10.00. The SMILES string of the molecule is C#Cc1ccc(O)c(C#Cc2ccc(O)c(C#Cc3ccccc3)c2)c1. The van der Waals surface area contributed by atoms with E-state index < -0.39 is 0 Å². The molecule has 3 aromatic carbocycles. The molecule has 0 spiro atoms. The molecule has 3 rings (SSSR count). The molecule has 0 fully saturated rings. The van der Waals surface area contributed by atoms with E-state index in [1.54, 1.807) is 30.3 Å². The normalized spacial score (nSPS) is 9.19. The van der Waals surface area contributed by atoms with Crippen molar-refractivity contribution in [3.63, 3.8) is 0 Å². The minimum Gasteiger partial charge on any atom is -0.507 e. The summed E-state index contributed by atoms with van der Waals surface area (Å²) in [7, 11) is 0. The zero-order valence-electron chi connectivity index (χ0n) is 13.8. The van der Waals surface area contributed by atoms with Crippen LogP contribution in [-0.2, 0) is 0 Å². The van der Waals surface area contributed by atoms with Crippen LogP contribution in [0.5, 0.6) is 11.5 Å². The second kappa shape index (κ2) is 7.67. The molecule has 0 aliphatic heterocycles. The molecular weight excluding hydrogens is 320 g/mol. The monoisotopic (exact) mass is 334 g/mol. The van der Waals surface area contributed by atoms with E-state index in [0.29, 0.717) is 22.3 Å². The molecule has 0 bridgehead atoms. The number of hydrogen-bond donors (Lipinski definition) is 2. The van der Waals surface area contributed by atoms with Crippen LogP contribution in [0, 0.1) is 36.0 Å². The van der Waals surface area contributed by atoms with Crippen LogP contribution < -0.4 is 0 Å². The van der Waals surface area contributed by atoms with Gasteiger partial charge in [0.25, 0.3) is 0 Å². The topological polar surface area (TPSA) is 40.5 Å². The molecule has 0 atom stereocenters. The van der Waals surface area contributed by atoms with Crippen LogP contribution >= 0.6 is 0 Å². The Labute approximate surface area is 152 Å². The minimum atomic E-state index is 0.0689. The minimum absolute atomic E-state index is 0.0689. The van der Waals surface area contributed by atoms with E-state index >= 15 is 0 Å². The van der Waals surface area contributed by atoms with Gasteiger partial charge in [0.05, 0.1) is 11.1 Å². The third-order valence-electron chi connectivity index (χ3n) is 3.62. The second-order valence-electron chi connectivity index (χ2n) is 5.47. The Morgan fingerprint density at radius 2 is 1.12 bits per heavy atom. The summed E-state index contributed by atoms with van der Waals surface area (Å²) in [6, 6.07) is 19.3. The number of terminal acetylenes is 1. The molecule has 3 aromatic rings. The zero-order valence-corrected chi connectivity index (χ0v) is 13.8. The second-order valence-corrected chi connectivity index (χ2v) is 5.47. The van der Waals surface area contributed by atoms with E-state index in [9.17, 15) is 10.2 Å². The highest BCUT2D eigenvalue weighted by atomic mass is 16.3. The van der Waals surface area contributed by atoms with E-state index in [1.807, 2.05) is 30.3 Å². The van der Waals surface area contributed by atoms with Crippen molar-refractivity contribution in [2.75, 3.05) is 0 Å². The lowest BCUT2D eigenvalue weighted by molar-refractivity contribution is 0.473. The van der Waals surface area contributed by atoms with Crippen molar-refractivity contribution >= 4 is 0 Å². The molecule has 2 nitrogen and oxygen atoms in total. The quantitative estimate of drug-likeness (QED) is 0.613. The molecular formula is C24H14O2. The van der Waals surface area contributed by atoms with Gasteiger partial charge in [-0.05, 0) is 48.5 Å². The van der Waals surface area contributed by atoms with Crippen molar-refractivity contribution in [3.8, 4) is 47.5 Å². The van der Waals surface area contributed by atoms with E-state index in [1.165, 1.54) is 6.07 Å². The van der Waals surface area contributed by atoms with Gasteiger partial charge in [0.2, 0.25) is 0 Å². The molecule has 0 aliphatic rings. The summed E-state index contributed by atoms with van der Waals surface area (Å²) in [5.41, 5.74) is 3.12. The van der Waals surface area contributed by atoms with Gasteiger partial charge in [-0.2, -0.15) is 0 Å². The Morgan fingerprint density at radius 3 is 1.73 bits per heavy atom. The number of hydrogen-bond acceptors (Lipinski definition) is 2. The van der Waals surface area contributed by atoms with E-state index in [2.05, 4.69) is 29.6 Å². The molecule has 26 heavy (non-hydrogen) atoms. The molecule has 0 unspecified atom stereocenters. The smallest absolute Gasteiger partial charge is 0.131 e. The lowest BCUT2D eigenvalue weighted by Crippen LogP contribution is -1.83. The summed E-state index contributed by atoms with van der Waals surface area (Å²) in [4.78, 5) is 0. The lowest BCUT2D eigenvalue weighted by Gasteiger charge is -1.99. The van der Waals surface area contributed by atoms with Gasteiger partial charge in [0.1, 0.15) is 11.5 Å². The number of benzene rings is 3. The van der Waals surface area contributed by atoms with Gasteiger partial charge in [-0.25, -0.2) is 0 Å². The van der Waals surface area contributed by atoms with Crippen LogP contribution in [0.15, 0.2) is 66.7 Å². The third-order valence-corrected chi connectivity index (χ3v) is 3.62. The van der Waals surface area contributed by atoms with Gasteiger partial charge in [-0.1, -0.05) is 47.8 Å². The predicted octanol–water partition coefficient (Wildman–Crippen LogP) is 3.88. The van der Waals surface area contributed by atoms with Gasteiger partial charge >= 0.3 is 0 Å². The molecule has 2 heteroatoms. The molecule has 2 N–H and O–H groups in total. The van der Waals surface area contributed by atoms with Crippen LogP contribution in [0.4, 0.5) is 0 Å². The van der Waals surface area contributed by atoms with Crippen molar-refractivity contribution in [2.45, 2.75) is 0 Å². The van der Waals surface area contributed by atoms with Gasteiger partial charge < -0.3 is 10.2 Å². The van der Waals surface area contributed by atoms with Gasteiger partial charge in [-0.3, -0.25) is 0 Å². The van der Waals surface area contributed by atoms with Gasteiger partial charge in [0, 0.05) is 16.7 Å². The van der Waals surface area contributed by atoms with E-state index in [-0.39, 0.29) is 11.5 Å². The maximum Gasteiger partial charge on any atom is 0.131 e. The molecule has 0 aromatic heterocycles. The molecule has 0 radical (unpaired) electrons. The molecule has 0 heterocycles. The number of phenolic OH excluding ortho intramolecular Hbond substituents is 2. The van der Waals surface area contributed by atoms with Crippen molar-refractivity contribution in [1.82, 2.24) is 0 Å². The maximum absolute atomic E-state index is 10.00. The first kappa shape index (κ1) is 16.8. The summed E-state index contributed by atoms with van der Waals surface area (Å²) in [5, 5.41) is 19.9. The van der Waals surface area contributed by atoms with Crippen LogP contribution in [0.1, 0.15) is 27.8 Å². The summed E-state index contributed by atoms with van der Waals surface area (Å²) in [6.45, 7) is 0. The van der Waals surface area contributed by atoms with Gasteiger partial charge in [-0.15, -0.1) is 6.42 Å². The molecule has 122 valence electrons. The third kappa shape index (κ3) is 4.07. The fourth-order valence-corrected chi connectivity index (χ4v) is 2.24. The number of aromatic hydroxyl groups is 2. The first-order chi connectivity index (χ1) is 12.7. The van der Waals surface area contributed by atoms with Crippen molar-refractivity contribution in [1.29, 1.82) is 0 Å². The Hall–Kier alpha value is -4.06. The lowest BCUT2D eigenvalue weighted by atomic mass is 10.1. The van der Waals surface area contributed by atoms with E-state index in [4.69, 9.17) is 6.42 Å².